The van der Waals surface area contributed by atoms with E-state index in [0.29, 0.717) is 16.5 Å². The number of nitrogens with one attached hydrogen (secondary N) is 1. The molecule has 0 aromatic carbocycles. The summed E-state index contributed by atoms with van der Waals surface area (Å²) in [5.41, 5.74) is 7.06. The summed E-state index contributed by atoms with van der Waals surface area (Å²) in [6.07, 6.45) is 6.47. The number of fused-ring (bicyclic) bond motifs is 3. The maximum Gasteiger partial charge on any atom is 0.307 e. The number of carbonyl (C=O) groups is 3. The Hall–Kier alpha value is -1.89. The molecule has 0 spiro atoms. The number of carboxylic acid groups (broad SMARTS) is 1. The number of hydrogen-bond acceptors (Lipinski definition) is 4. The average Bonchev–Trinajstić information content (AvgIpc) is 3.32. The number of nitrogens with two attached hydrogens (primary N) is 1. The third-order valence-corrected chi connectivity index (χ3v) is 8.10. The molecule has 4 rings (SSSR count). The Morgan fingerprint density at radius 3 is 2.52 bits per heavy atom. The third kappa shape index (κ3) is 3.06. The SMILES string of the molecule is CC[C@@H]1CCc2c(sc(NC(=O)[C@H]3[C@H]4CC[C@@H](C4)[C@@H]3C(=O)O)c2C(N)=O)C1. The van der Waals surface area contributed by atoms with E-state index in [-0.39, 0.29) is 17.7 Å². The molecule has 7 heteroatoms. The minimum Gasteiger partial charge on any atom is -0.481 e. The number of aliphatic carboxylic acids is 1. The van der Waals surface area contributed by atoms with Crippen LogP contribution in [0.1, 0.15) is 59.8 Å². The zero-order chi connectivity index (χ0) is 19.3. The van der Waals surface area contributed by atoms with Crippen LogP contribution in [-0.2, 0) is 22.4 Å². The smallest absolute Gasteiger partial charge is 0.307 e. The first-order valence-corrected chi connectivity index (χ1v) is 10.7. The summed E-state index contributed by atoms with van der Waals surface area (Å²) in [5, 5.41) is 13.0. The summed E-state index contributed by atoms with van der Waals surface area (Å²) < 4.78 is 0. The van der Waals surface area contributed by atoms with Crippen LogP contribution in [0.25, 0.3) is 0 Å². The monoisotopic (exact) mass is 390 g/mol. The molecule has 6 nitrogen and oxygen atoms in total. The van der Waals surface area contributed by atoms with Crippen LogP contribution in [0.2, 0.25) is 0 Å². The number of amides is 2. The Labute approximate surface area is 162 Å². The summed E-state index contributed by atoms with van der Waals surface area (Å²) in [7, 11) is 0. The summed E-state index contributed by atoms with van der Waals surface area (Å²) in [4.78, 5) is 37.9. The maximum absolute atomic E-state index is 13.0. The quantitative estimate of drug-likeness (QED) is 0.718. The van der Waals surface area contributed by atoms with Crippen molar-refractivity contribution in [1.29, 1.82) is 0 Å². The van der Waals surface area contributed by atoms with E-state index in [1.165, 1.54) is 11.3 Å². The van der Waals surface area contributed by atoms with Crippen LogP contribution < -0.4 is 11.1 Å². The minimum absolute atomic E-state index is 0.0979. The van der Waals surface area contributed by atoms with Gasteiger partial charge in [0.25, 0.3) is 5.91 Å². The number of anilines is 1. The lowest BCUT2D eigenvalue weighted by Gasteiger charge is -2.26. The van der Waals surface area contributed by atoms with Gasteiger partial charge in [0.1, 0.15) is 5.00 Å². The molecule has 2 amide bonds. The first-order chi connectivity index (χ1) is 12.9. The number of rotatable bonds is 5. The molecule has 5 atom stereocenters. The summed E-state index contributed by atoms with van der Waals surface area (Å²) in [5.74, 6) is -1.95. The highest BCUT2D eigenvalue weighted by Crippen LogP contribution is 2.53. The van der Waals surface area contributed by atoms with Gasteiger partial charge in [-0.1, -0.05) is 13.3 Å². The highest BCUT2D eigenvalue weighted by atomic mass is 32.1. The van der Waals surface area contributed by atoms with E-state index in [2.05, 4.69) is 12.2 Å². The molecular weight excluding hydrogens is 364 g/mol. The minimum atomic E-state index is -0.881. The van der Waals surface area contributed by atoms with Crippen LogP contribution in [0.3, 0.4) is 0 Å². The second-order valence-corrected chi connectivity index (χ2v) is 9.41. The van der Waals surface area contributed by atoms with Crippen LogP contribution in [0.4, 0.5) is 5.00 Å². The van der Waals surface area contributed by atoms with Gasteiger partial charge < -0.3 is 16.2 Å². The number of thiophene rings is 1. The molecule has 1 heterocycles. The molecule has 146 valence electrons. The van der Waals surface area contributed by atoms with Crippen molar-refractivity contribution in [2.24, 2.45) is 35.3 Å². The highest BCUT2D eigenvalue weighted by Gasteiger charge is 2.54. The van der Waals surface area contributed by atoms with Crippen molar-refractivity contribution in [3.8, 4) is 0 Å². The fraction of sp³-hybridized carbons (Fsp3) is 0.650. The van der Waals surface area contributed by atoms with Crippen molar-refractivity contribution in [3.05, 3.63) is 16.0 Å². The highest BCUT2D eigenvalue weighted by molar-refractivity contribution is 7.17. The lowest BCUT2D eigenvalue weighted by molar-refractivity contribution is -0.148. The van der Waals surface area contributed by atoms with Gasteiger partial charge in [-0.3, -0.25) is 14.4 Å². The zero-order valence-corrected chi connectivity index (χ0v) is 16.3. The molecular formula is C20H26N2O4S. The number of carboxylic acids is 1. The molecule has 2 fully saturated rings. The van der Waals surface area contributed by atoms with Crippen molar-refractivity contribution < 1.29 is 19.5 Å². The van der Waals surface area contributed by atoms with Crippen LogP contribution >= 0.6 is 11.3 Å². The molecule has 0 saturated heterocycles. The molecule has 3 aliphatic rings. The van der Waals surface area contributed by atoms with Gasteiger partial charge in [-0.25, -0.2) is 0 Å². The average molecular weight is 391 g/mol. The Kier molecular flexibility index (Phi) is 4.74. The van der Waals surface area contributed by atoms with Gasteiger partial charge in [-0.15, -0.1) is 11.3 Å². The van der Waals surface area contributed by atoms with E-state index in [4.69, 9.17) is 5.73 Å². The van der Waals surface area contributed by atoms with Gasteiger partial charge in [-0.2, -0.15) is 0 Å². The Morgan fingerprint density at radius 2 is 1.89 bits per heavy atom. The molecule has 1 aromatic rings. The van der Waals surface area contributed by atoms with Crippen molar-refractivity contribution in [2.75, 3.05) is 5.32 Å². The van der Waals surface area contributed by atoms with E-state index >= 15 is 0 Å². The topological polar surface area (TPSA) is 109 Å². The Bertz CT molecular complexity index is 802. The Morgan fingerprint density at radius 1 is 1.19 bits per heavy atom. The predicted octanol–water partition coefficient (Wildman–Crippen LogP) is 3.05. The van der Waals surface area contributed by atoms with Gasteiger partial charge >= 0.3 is 5.97 Å². The van der Waals surface area contributed by atoms with Gasteiger partial charge in [0.15, 0.2) is 0 Å². The predicted molar refractivity (Wildman–Crippen MR) is 103 cm³/mol. The third-order valence-electron chi connectivity index (χ3n) is 6.93. The summed E-state index contributed by atoms with van der Waals surface area (Å²) in [6.45, 7) is 2.17. The number of hydrogen-bond donors (Lipinski definition) is 3. The first-order valence-electron chi connectivity index (χ1n) is 9.88. The fourth-order valence-corrected chi connectivity index (χ4v) is 6.94. The normalized spacial score (nSPS) is 31.5. The van der Waals surface area contributed by atoms with E-state index < -0.39 is 23.7 Å². The lowest BCUT2D eigenvalue weighted by atomic mass is 9.78. The largest absolute Gasteiger partial charge is 0.481 e. The van der Waals surface area contributed by atoms with Crippen LogP contribution in [0, 0.1) is 29.6 Å². The first kappa shape index (κ1) is 18.5. The van der Waals surface area contributed by atoms with Gasteiger partial charge in [-0.05, 0) is 61.8 Å². The van der Waals surface area contributed by atoms with Crippen LogP contribution in [0.15, 0.2) is 0 Å². The molecule has 27 heavy (non-hydrogen) atoms. The van der Waals surface area contributed by atoms with Crippen molar-refractivity contribution >= 4 is 34.1 Å². The van der Waals surface area contributed by atoms with Crippen molar-refractivity contribution in [3.63, 3.8) is 0 Å². The molecule has 0 unspecified atom stereocenters. The Balaban J connectivity index is 1.61. The molecule has 1 aromatic heterocycles. The van der Waals surface area contributed by atoms with Gasteiger partial charge in [0.2, 0.25) is 5.91 Å². The van der Waals surface area contributed by atoms with Crippen molar-refractivity contribution in [1.82, 2.24) is 0 Å². The maximum atomic E-state index is 13.0. The van der Waals surface area contributed by atoms with Gasteiger partial charge in [0.05, 0.1) is 17.4 Å². The number of primary amides is 1. The van der Waals surface area contributed by atoms with E-state index in [9.17, 15) is 19.5 Å². The van der Waals surface area contributed by atoms with E-state index in [1.807, 2.05) is 0 Å². The molecule has 2 saturated carbocycles. The molecule has 2 bridgehead atoms. The summed E-state index contributed by atoms with van der Waals surface area (Å²) in [6, 6.07) is 0. The summed E-state index contributed by atoms with van der Waals surface area (Å²) >= 11 is 1.45. The molecule has 0 radical (unpaired) electrons. The van der Waals surface area contributed by atoms with Gasteiger partial charge in [0, 0.05) is 4.88 Å². The second-order valence-electron chi connectivity index (χ2n) is 8.30. The van der Waals surface area contributed by atoms with Crippen molar-refractivity contribution in [2.45, 2.75) is 51.9 Å². The standard InChI is InChI=1S/C20H26N2O4S/c1-2-9-3-6-12-13(7-9)27-19(16(12)17(21)23)22-18(24)14-10-4-5-11(8-10)15(14)20(25)26/h9-11,14-15H,2-8H2,1H3,(H2,21,23)(H,22,24)(H,25,26)/t9-,10+,11+,14+,15+/m1/s1. The van der Waals surface area contributed by atoms with Crippen LogP contribution in [0.5, 0.6) is 0 Å². The second kappa shape index (κ2) is 6.93. The zero-order valence-electron chi connectivity index (χ0n) is 15.5. The molecule has 4 N–H and O–H groups in total. The molecule has 0 aliphatic heterocycles. The number of carbonyl (C=O) groups excluding carboxylic acids is 2. The van der Waals surface area contributed by atoms with Crippen LogP contribution in [-0.4, -0.2) is 22.9 Å². The lowest BCUT2D eigenvalue weighted by Crippen LogP contribution is -2.38. The molecule has 3 aliphatic carbocycles. The fourth-order valence-electron chi connectivity index (χ4n) is 5.57. The van der Waals surface area contributed by atoms with E-state index in [0.717, 1.165) is 55.4 Å². The van der Waals surface area contributed by atoms with E-state index in [1.54, 1.807) is 0 Å².